The maximum absolute atomic E-state index is 5.24. The summed E-state index contributed by atoms with van der Waals surface area (Å²) in [5.41, 5.74) is 1.41. The van der Waals surface area contributed by atoms with Gasteiger partial charge in [-0.05, 0) is 54.9 Å². The quantitative estimate of drug-likeness (QED) is 0.701. The molecule has 0 unspecified atom stereocenters. The summed E-state index contributed by atoms with van der Waals surface area (Å²) in [6, 6.07) is 8.53. The van der Waals surface area contributed by atoms with E-state index < -0.39 is 0 Å². The first-order chi connectivity index (χ1) is 9.78. The number of rotatable bonds is 7. The van der Waals surface area contributed by atoms with Gasteiger partial charge < -0.3 is 9.47 Å². The molecule has 0 atom stereocenters. The van der Waals surface area contributed by atoms with Crippen molar-refractivity contribution >= 4 is 23.5 Å². The number of hydrogen-bond acceptors (Lipinski definition) is 4. The zero-order chi connectivity index (χ0) is 14.3. The van der Waals surface area contributed by atoms with Crippen LogP contribution < -0.4 is 4.74 Å². The van der Waals surface area contributed by atoms with Crippen molar-refractivity contribution in [2.75, 3.05) is 32.3 Å². The normalized spacial score (nSPS) is 17.9. The van der Waals surface area contributed by atoms with Gasteiger partial charge in [-0.25, -0.2) is 0 Å². The molecule has 1 fully saturated rings. The highest BCUT2D eigenvalue weighted by Gasteiger charge is 2.33. The summed E-state index contributed by atoms with van der Waals surface area (Å²) in [7, 11) is 3.51. The van der Waals surface area contributed by atoms with Crippen molar-refractivity contribution in [3.8, 4) is 5.75 Å². The standard InChI is InChI=1S/C16H24O2S2/c1-17-10-3-9-16(19-11-4-12-20-16)13-14-5-7-15(18-2)8-6-14/h5-8H,3-4,9-13H2,1-2H3. The predicted molar refractivity (Wildman–Crippen MR) is 90.1 cm³/mol. The van der Waals surface area contributed by atoms with Gasteiger partial charge in [0.2, 0.25) is 0 Å². The minimum Gasteiger partial charge on any atom is -0.497 e. The lowest BCUT2D eigenvalue weighted by Gasteiger charge is -2.36. The Morgan fingerprint density at radius 2 is 1.80 bits per heavy atom. The van der Waals surface area contributed by atoms with Gasteiger partial charge in [-0.1, -0.05) is 12.1 Å². The first-order valence-electron chi connectivity index (χ1n) is 7.18. The second-order valence-electron chi connectivity index (χ2n) is 5.08. The zero-order valence-electron chi connectivity index (χ0n) is 12.4. The van der Waals surface area contributed by atoms with Crippen LogP contribution >= 0.6 is 23.5 Å². The van der Waals surface area contributed by atoms with Crippen LogP contribution in [-0.2, 0) is 11.2 Å². The van der Waals surface area contributed by atoms with Crippen LogP contribution in [0.3, 0.4) is 0 Å². The van der Waals surface area contributed by atoms with Gasteiger partial charge in [0, 0.05) is 13.7 Å². The zero-order valence-corrected chi connectivity index (χ0v) is 14.0. The van der Waals surface area contributed by atoms with E-state index in [0.29, 0.717) is 4.08 Å². The molecule has 0 N–H and O–H groups in total. The molecule has 1 aliphatic rings. The first-order valence-corrected chi connectivity index (χ1v) is 9.15. The van der Waals surface area contributed by atoms with E-state index in [2.05, 4.69) is 47.8 Å². The predicted octanol–water partition coefficient (Wildman–Crippen LogP) is 4.23. The van der Waals surface area contributed by atoms with Gasteiger partial charge >= 0.3 is 0 Å². The second kappa shape index (κ2) is 8.20. The largest absolute Gasteiger partial charge is 0.497 e. The van der Waals surface area contributed by atoms with Gasteiger partial charge in [0.1, 0.15) is 5.75 Å². The number of benzene rings is 1. The summed E-state index contributed by atoms with van der Waals surface area (Å²) >= 11 is 4.28. The molecule has 2 nitrogen and oxygen atoms in total. The van der Waals surface area contributed by atoms with E-state index in [0.717, 1.165) is 25.2 Å². The van der Waals surface area contributed by atoms with Gasteiger partial charge in [-0.2, -0.15) is 0 Å². The third kappa shape index (κ3) is 4.61. The highest BCUT2D eigenvalue weighted by Crippen LogP contribution is 2.47. The van der Waals surface area contributed by atoms with Gasteiger partial charge in [-0.15, -0.1) is 23.5 Å². The first kappa shape index (κ1) is 16.1. The molecule has 1 saturated heterocycles. The van der Waals surface area contributed by atoms with Crippen LogP contribution in [-0.4, -0.2) is 36.4 Å². The Labute approximate surface area is 131 Å². The Hall–Kier alpha value is -0.320. The van der Waals surface area contributed by atoms with Crippen molar-refractivity contribution in [3.63, 3.8) is 0 Å². The molecule has 0 spiro atoms. The number of ether oxygens (including phenoxy) is 2. The van der Waals surface area contributed by atoms with Crippen molar-refractivity contribution in [1.82, 2.24) is 0 Å². The maximum Gasteiger partial charge on any atom is 0.118 e. The molecule has 1 aromatic rings. The number of thioether (sulfide) groups is 2. The minimum atomic E-state index is 0.339. The molecule has 0 bridgehead atoms. The Kier molecular flexibility index (Phi) is 6.59. The Morgan fingerprint density at radius 1 is 1.10 bits per heavy atom. The van der Waals surface area contributed by atoms with E-state index in [-0.39, 0.29) is 0 Å². The summed E-state index contributed by atoms with van der Waals surface area (Å²) in [5.74, 6) is 3.51. The van der Waals surface area contributed by atoms with Crippen molar-refractivity contribution in [1.29, 1.82) is 0 Å². The third-order valence-corrected chi connectivity index (χ3v) is 7.00. The molecule has 2 rings (SSSR count). The van der Waals surface area contributed by atoms with Crippen LogP contribution in [0.25, 0.3) is 0 Å². The summed E-state index contributed by atoms with van der Waals surface area (Å²) in [4.78, 5) is 0. The Bertz CT molecular complexity index is 386. The van der Waals surface area contributed by atoms with E-state index in [9.17, 15) is 0 Å². The molecular weight excluding hydrogens is 288 g/mol. The van der Waals surface area contributed by atoms with E-state index in [1.54, 1.807) is 14.2 Å². The number of hydrogen-bond donors (Lipinski definition) is 0. The van der Waals surface area contributed by atoms with Gasteiger partial charge in [0.25, 0.3) is 0 Å². The van der Waals surface area contributed by atoms with Gasteiger partial charge in [-0.3, -0.25) is 0 Å². The molecule has 0 saturated carbocycles. The lowest BCUT2D eigenvalue weighted by Crippen LogP contribution is -2.28. The van der Waals surface area contributed by atoms with Crippen LogP contribution in [0.5, 0.6) is 5.75 Å². The molecule has 1 aliphatic heterocycles. The fourth-order valence-corrected chi connectivity index (χ4v) is 5.94. The van der Waals surface area contributed by atoms with Gasteiger partial charge in [0.15, 0.2) is 0 Å². The molecule has 4 heteroatoms. The highest BCUT2D eigenvalue weighted by atomic mass is 32.2. The van der Waals surface area contributed by atoms with Crippen LogP contribution in [0.4, 0.5) is 0 Å². The Morgan fingerprint density at radius 3 is 2.40 bits per heavy atom. The van der Waals surface area contributed by atoms with Crippen molar-refractivity contribution < 1.29 is 9.47 Å². The molecule has 20 heavy (non-hydrogen) atoms. The third-order valence-electron chi connectivity index (χ3n) is 3.56. The van der Waals surface area contributed by atoms with Crippen molar-refractivity contribution in [3.05, 3.63) is 29.8 Å². The van der Waals surface area contributed by atoms with E-state index in [1.807, 2.05) is 0 Å². The average molecular weight is 313 g/mol. The number of methoxy groups -OCH3 is 2. The minimum absolute atomic E-state index is 0.339. The molecule has 1 heterocycles. The maximum atomic E-state index is 5.24. The lowest BCUT2D eigenvalue weighted by molar-refractivity contribution is 0.192. The molecule has 1 aromatic carbocycles. The fourth-order valence-electron chi connectivity index (χ4n) is 2.49. The smallest absolute Gasteiger partial charge is 0.118 e. The van der Waals surface area contributed by atoms with Crippen molar-refractivity contribution in [2.45, 2.75) is 29.8 Å². The average Bonchev–Trinajstić information content (AvgIpc) is 2.49. The van der Waals surface area contributed by atoms with E-state index in [1.165, 1.54) is 29.9 Å². The van der Waals surface area contributed by atoms with E-state index >= 15 is 0 Å². The SMILES string of the molecule is COCCCC1(Cc2ccc(OC)cc2)SCCCS1. The second-order valence-corrected chi connectivity index (χ2v) is 8.30. The van der Waals surface area contributed by atoms with Crippen LogP contribution in [0.1, 0.15) is 24.8 Å². The van der Waals surface area contributed by atoms with Gasteiger partial charge in [0.05, 0.1) is 11.2 Å². The summed E-state index contributed by atoms with van der Waals surface area (Å²) in [6.45, 7) is 0.867. The molecule has 0 amide bonds. The molecule has 0 aromatic heterocycles. The fraction of sp³-hybridized carbons (Fsp3) is 0.625. The lowest BCUT2D eigenvalue weighted by atomic mass is 10.1. The van der Waals surface area contributed by atoms with Crippen molar-refractivity contribution in [2.24, 2.45) is 0 Å². The van der Waals surface area contributed by atoms with E-state index in [4.69, 9.17) is 9.47 Å². The topological polar surface area (TPSA) is 18.5 Å². The molecular formula is C16H24O2S2. The van der Waals surface area contributed by atoms with Crippen LogP contribution in [0.15, 0.2) is 24.3 Å². The monoisotopic (exact) mass is 312 g/mol. The summed E-state index contributed by atoms with van der Waals surface area (Å²) in [5, 5.41) is 0. The summed E-state index contributed by atoms with van der Waals surface area (Å²) in [6.07, 6.45) is 4.84. The van der Waals surface area contributed by atoms with Crippen LogP contribution in [0.2, 0.25) is 0 Å². The molecule has 0 radical (unpaired) electrons. The summed E-state index contributed by atoms with van der Waals surface area (Å²) < 4.78 is 10.8. The molecule has 0 aliphatic carbocycles. The van der Waals surface area contributed by atoms with Crippen LogP contribution in [0, 0.1) is 0 Å². The molecule has 112 valence electrons. The Balaban J connectivity index is 2.01. The highest BCUT2D eigenvalue weighted by molar-refractivity contribution is 8.18.